The van der Waals surface area contributed by atoms with Crippen molar-refractivity contribution >= 4 is 42.4 Å². The molecule has 4 fully saturated rings. The van der Waals surface area contributed by atoms with Crippen LogP contribution in [0.2, 0.25) is 0 Å². The van der Waals surface area contributed by atoms with Gasteiger partial charge in [-0.15, -0.1) is 24.8 Å². The Kier molecular flexibility index (Phi) is 13.0. The lowest BCUT2D eigenvalue weighted by Gasteiger charge is -2.39. The van der Waals surface area contributed by atoms with Crippen molar-refractivity contribution in [2.75, 3.05) is 51.3 Å². The fourth-order valence-corrected chi connectivity index (χ4v) is 8.34. The average molecular weight is 749 g/mol. The maximum Gasteiger partial charge on any atom is 0.416 e. The Morgan fingerprint density at radius 3 is 2.06 bits per heavy atom. The van der Waals surface area contributed by atoms with Gasteiger partial charge < -0.3 is 24.7 Å². The van der Waals surface area contributed by atoms with Crippen molar-refractivity contribution in [3.63, 3.8) is 0 Å². The van der Waals surface area contributed by atoms with Crippen molar-refractivity contribution in [1.29, 1.82) is 0 Å². The molecule has 2 aromatic carbocycles. The van der Waals surface area contributed by atoms with Gasteiger partial charge in [-0.2, -0.15) is 13.2 Å². The van der Waals surface area contributed by atoms with E-state index < -0.39 is 41.1 Å². The van der Waals surface area contributed by atoms with Gasteiger partial charge in [0.15, 0.2) is 0 Å². The van der Waals surface area contributed by atoms with Crippen LogP contribution in [0, 0.1) is 5.92 Å². The lowest BCUT2D eigenvalue weighted by Crippen LogP contribution is -2.53. The zero-order valence-corrected chi connectivity index (χ0v) is 29.7. The number of aliphatic hydroxyl groups is 1. The molecule has 1 saturated carbocycles. The summed E-state index contributed by atoms with van der Waals surface area (Å²) < 4.78 is 64.0. The summed E-state index contributed by atoms with van der Waals surface area (Å²) in [7, 11) is 1.56. The molecule has 3 aliphatic heterocycles. The predicted octanol–water partition coefficient (Wildman–Crippen LogP) is 6.68. The van der Waals surface area contributed by atoms with Gasteiger partial charge in [-0.3, -0.25) is 14.5 Å². The smallest absolute Gasteiger partial charge is 0.416 e. The molecule has 1 amide bonds. The van der Waals surface area contributed by atoms with E-state index in [9.17, 15) is 33.0 Å². The van der Waals surface area contributed by atoms with Crippen LogP contribution in [0.25, 0.3) is 0 Å². The van der Waals surface area contributed by atoms with E-state index in [0.29, 0.717) is 69.6 Å². The molecule has 4 aliphatic rings. The first-order valence-electron chi connectivity index (χ1n) is 17.1. The number of piperidine rings is 2. The first-order chi connectivity index (χ1) is 22.9. The van der Waals surface area contributed by atoms with Crippen LogP contribution in [-0.2, 0) is 15.8 Å². The van der Waals surface area contributed by atoms with Crippen LogP contribution in [0.1, 0.15) is 79.9 Å². The van der Waals surface area contributed by atoms with Crippen molar-refractivity contribution < 1.29 is 42.1 Å². The van der Waals surface area contributed by atoms with Crippen LogP contribution in [0.3, 0.4) is 0 Å². The number of benzene rings is 2. The zero-order chi connectivity index (χ0) is 34.2. The molecule has 1 aliphatic carbocycles. The number of carboxylic acids is 1. The third kappa shape index (κ3) is 8.29. The summed E-state index contributed by atoms with van der Waals surface area (Å²) in [5, 5.41) is 19.5. The lowest BCUT2D eigenvalue weighted by atomic mass is 9.83. The van der Waals surface area contributed by atoms with Gasteiger partial charge in [0.2, 0.25) is 5.67 Å². The highest BCUT2D eigenvalue weighted by atomic mass is 35.5. The molecule has 50 heavy (non-hydrogen) atoms. The van der Waals surface area contributed by atoms with E-state index in [4.69, 9.17) is 4.74 Å². The van der Waals surface area contributed by atoms with Gasteiger partial charge in [-0.05, 0) is 92.7 Å². The zero-order valence-electron chi connectivity index (χ0n) is 28.1. The van der Waals surface area contributed by atoms with Gasteiger partial charge in [0.05, 0.1) is 24.7 Å². The van der Waals surface area contributed by atoms with Crippen molar-refractivity contribution in [1.82, 2.24) is 9.80 Å². The number of carbonyl (C=O) groups is 2. The molecule has 3 heterocycles. The van der Waals surface area contributed by atoms with Crippen LogP contribution in [0.5, 0.6) is 5.75 Å². The van der Waals surface area contributed by atoms with Crippen molar-refractivity contribution in [2.45, 2.75) is 87.2 Å². The number of rotatable bonds is 7. The maximum atomic E-state index is 17.4. The number of aliphatic hydroxyl groups excluding tert-OH is 1. The fourth-order valence-electron chi connectivity index (χ4n) is 8.34. The number of aliphatic carboxylic acids is 1. The highest BCUT2D eigenvalue weighted by Gasteiger charge is 2.56. The van der Waals surface area contributed by atoms with E-state index in [-0.39, 0.29) is 62.5 Å². The molecule has 2 atom stereocenters. The molecule has 0 bridgehead atoms. The summed E-state index contributed by atoms with van der Waals surface area (Å²) in [6, 6.07) is 11.1. The molecule has 8 nitrogen and oxygen atoms in total. The number of hydrogen-bond donors (Lipinski definition) is 2. The number of carboxylic acid groups (broad SMARTS) is 1. The second-order valence-electron chi connectivity index (χ2n) is 14.0. The van der Waals surface area contributed by atoms with E-state index in [0.717, 1.165) is 30.0 Å². The van der Waals surface area contributed by atoms with Crippen LogP contribution < -0.4 is 9.64 Å². The highest BCUT2D eigenvalue weighted by Crippen LogP contribution is 2.45. The molecule has 2 N–H and O–H groups in total. The summed E-state index contributed by atoms with van der Waals surface area (Å²) >= 11 is 0. The van der Waals surface area contributed by atoms with E-state index in [2.05, 4.69) is 4.90 Å². The SMILES string of the molecule is COc1ccc([C@@H]2CN([C@H]3CC[C@H](O)CC3)C[C@@]2(F)C(=O)N2CCC(c3ccc(C(F)(F)F)cc3N3CCC(C(=O)O)CC3)CC2)cc1.Cl.Cl. The number of carbonyl (C=O) groups excluding carboxylic acids is 1. The number of amides is 1. The predicted molar refractivity (Wildman–Crippen MR) is 186 cm³/mol. The van der Waals surface area contributed by atoms with Crippen LogP contribution >= 0.6 is 24.8 Å². The molecule has 14 heteroatoms. The standard InChI is InChI=1S/C36H45F4N3O5.2ClH/c1-48-29-9-2-24(3-10-29)31-21-43(27-5-7-28(44)8-6-27)22-35(31,37)34(47)42-18-12-23(13-19-42)30-11-4-26(36(38,39)40)20-32(30)41-16-14-25(15-17-41)33(45)46;;/h2-4,9-11,20,23,25,27-28,31,44H,5-8,12-19,21-22H2,1H3,(H,45,46);2*1H/t27-,28-,31-,35-;;/m0../s1. The first kappa shape index (κ1) is 40.0. The summed E-state index contributed by atoms with van der Waals surface area (Å²) in [6.45, 7) is 1.60. The second kappa shape index (κ2) is 16.3. The Bertz CT molecular complexity index is 1460. The van der Waals surface area contributed by atoms with Crippen molar-refractivity contribution in [3.8, 4) is 5.75 Å². The maximum absolute atomic E-state index is 17.4. The van der Waals surface area contributed by atoms with E-state index >= 15 is 4.39 Å². The van der Waals surface area contributed by atoms with Crippen LogP contribution in [0.15, 0.2) is 42.5 Å². The van der Waals surface area contributed by atoms with Gasteiger partial charge >= 0.3 is 12.1 Å². The minimum absolute atomic E-state index is 0. The minimum atomic E-state index is -4.52. The quantitative estimate of drug-likeness (QED) is 0.306. The number of methoxy groups -OCH3 is 1. The number of ether oxygens (including phenoxy) is 1. The average Bonchev–Trinajstić information content (AvgIpc) is 3.46. The number of anilines is 1. The van der Waals surface area contributed by atoms with Gasteiger partial charge in [-0.1, -0.05) is 18.2 Å². The Labute approximate surface area is 302 Å². The molecule has 0 radical (unpaired) electrons. The molecule has 0 unspecified atom stereocenters. The summed E-state index contributed by atoms with van der Waals surface area (Å²) in [4.78, 5) is 31.2. The Morgan fingerprint density at radius 2 is 1.50 bits per heavy atom. The number of likely N-dealkylation sites (tertiary alicyclic amines) is 2. The summed E-state index contributed by atoms with van der Waals surface area (Å²) in [6.07, 6.45) is -0.421. The van der Waals surface area contributed by atoms with Crippen molar-refractivity contribution in [3.05, 3.63) is 59.2 Å². The van der Waals surface area contributed by atoms with E-state index in [1.165, 1.54) is 12.1 Å². The molecule has 278 valence electrons. The van der Waals surface area contributed by atoms with Crippen molar-refractivity contribution in [2.24, 2.45) is 5.92 Å². The molecule has 2 aromatic rings. The lowest BCUT2D eigenvalue weighted by molar-refractivity contribution is -0.145. The molecule has 3 saturated heterocycles. The molecule has 0 spiro atoms. The molecular weight excluding hydrogens is 701 g/mol. The first-order valence-corrected chi connectivity index (χ1v) is 17.1. The fraction of sp³-hybridized carbons (Fsp3) is 0.611. The molecule has 0 aromatic heterocycles. The van der Waals surface area contributed by atoms with Gasteiger partial charge in [0, 0.05) is 56.9 Å². The Balaban J connectivity index is 0.00000281. The monoisotopic (exact) mass is 747 g/mol. The van der Waals surface area contributed by atoms with Gasteiger partial charge in [-0.25, -0.2) is 4.39 Å². The highest BCUT2D eigenvalue weighted by molar-refractivity contribution is 5.87. The molecular formula is C36H47Cl2F4N3O5. The largest absolute Gasteiger partial charge is 0.497 e. The topological polar surface area (TPSA) is 93.6 Å². The van der Waals surface area contributed by atoms with E-state index in [1.54, 1.807) is 24.1 Å². The molecule has 6 rings (SSSR count). The Morgan fingerprint density at radius 1 is 0.880 bits per heavy atom. The number of halogens is 6. The second-order valence-corrected chi connectivity index (χ2v) is 14.0. The normalized spacial score (nSPS) is 27.0. The van der Waals surface area contributed by atoms with Crippen LogP contribution in [0.4, 0.5) is 23.2 Å². The number of alkyl halides is 4. The van der Waals surface area contributed by atoms with Gasteiger partial charge in [0.25, 0.3) is 5.91 Å². The Hall–Kier alpha value is -2.80. The number of nitrogens with zero attached hydrogens (tertiary/aromatic N) is 3. The summed E-state index contributed by atoms with van der Waals surface area (Å²) in [5.41, 5.74) is -0.978. The van der Waals surface area contributed by atoms with E-state index in [1.807, 2.05) is 17.0 Å². The third-order valence-electron chi connectivity index (χ3n) is 11.2. The van der Waals surface area contributed by atoms with Gasteiger partial charge in [0.1, 0.15) is 5.75 Å². The minimum Gasteiger partial charge on any atom is -0.497 e. The third-order valence-corrected chi connectivity index (χ3v) is 11.2. The summed E-state index contributed by atoms with van der Waals surface area (Å²) in [5.74, 6) is -2.14. The number of hydrogen-bond acceptors (Lipinski definition) is 6. The van der Waals surface area contributed by atoms with Crippen LogP contribution in [-0.4, -0.2) is 96.1 Å².